The highest BCUT2D eigenvalue weighted by atomic mass is 35.5. The summed E-state index contributed by atoms with van der Waals surface area (Å²) in [5.74, 6) is -0.395. The van der Waals surface area contributed by atoms with Crippen LogP contribution in [0.15, 0.2) is 71.9 Å². The minimum Gasteiger partial charge on any atom is -0.489 e. The van der Waals surface area contributed by atoms with Gasteiger partial charge in [0.2, 0.25) is 6.61 Å². The van der Waals surface area contributed by atoms with Gasteiger partial charge in [0.1, 0.15) is 12.4 Å². The summed E-state index contributed by atoms with van der Waals surface area (Å²) in [6.45, 7) is -0.222. The molecule has 0 atom stereocenters. The Balaban J connectivity index is 1.72. The van der Waals surface area contributed by atoms with Gasteiger partial charge in [-0.1, -0.05) is 64.8 Å². The van der Waals surface area contributed by atoms with Gasteiger partial charge in [-0.05, 0) is 47.0 Å². The van der Waals surface area contributed by atoms with Gasteiger partial charge in [-0.3, -0.25) is 0 Å². The first-order valence-electron chi connectivity index (χ1n) is 8.66. The second-order valence-electron chi connectivity index (χ2n) is 6.04. The minimum atomic E-state index is -1.08. The Hall–Kier alpha value is -3.02. The molecule has 5 nitrogen and oxygen atoms in total. The Kier molecular flexibility index (Phi) is 7.11. The number of hydrogen-bond acceptors (Lipinski definition) is 4. The van der Waals surface area contributed by atoms with Crippen molar-refractivity contribution in [2.24, 2.45) is 5.16 Å². The van der Waals surface area contributed by atoms with E-state index in [9.17, 15) is 4.79 Å². The monoisotopic (exact) mass is 429 g/mol. The lowest BCUT2D eigenvalue weighted by atomic mass is 10.0. The van der Waals surface area contributed by atoms with Gasteiger partial charge in [-0.25, -0.2) is 4.79 Å². The summed E-state index contributed by atoms with van der Waals surface area (Å²) in [6, 6.07) is 20.6. The summed E-state index contributed by atoms with van der Waals surface area (Å²) in [6.07, 6.45) is 1.46. The van der Waals surface area contributed by atoms with Crippen LogP contribution >= 0.6 is 23.2 Å². The summed E-state index contributed by atoms with van der Waals surface area (Å²) >= 11 is 12.4. The molecule has 0 saturated carbocycles. The molecule has 0 spiro atoms. The molecule has 0 unspecified atom stereocenters. The van der Waals surface area contributed by atoms with Crippen molar-refractivity contribution in [1.29, 1.82) is 0 Å². The summed E-state index contributed by atoms with van der Waals surface area (Å²) in [7, 11) is 0. The Morgan fingerprint density at radius 3 is 2.34 bits per heavy atom. The largest absolute Gasteiger partial charge is 0.489 e. The van der Waals surface area contributed by atoms with Crippen molar-refractivity contribution in [2.45, 2.75) is 6.61 Å². The third kappa shape index (κ3) is 5.98. The van der Waals surface area contributed by atoms with E-state index in [4.69, 9.17) is 33.0 Å². The smallest absolute Gasteiger partial charge is 0.344 e. The molecule has 3 aromatic carbocycles. The predicted molar refractivity (Wildman–Crippen MR) is 114 cm³/mol. The Morgan fingerprint density at radius 2 is 1.62 bits per heavy atom. The fourth-order valence-corrected chi connectivity index (χ4v) is 3.09. The summed E-state index contributed by atoms with van der Waals surface area (Å²) in [5, 5.41) is 13.3. The van der Waals surface area contributed by atoms with Crippen molar-refractivity contribution in [3.8, 4) is 16.9 Å². The lowest BCUT2D eigenvalue weighted by Crippen LogP contribution is -2.03. The van der Waals surface area contributed by atoms with Crippen LogP contribution in [0.3, 0.4) is 0 Å². The number of ether oxygens (including phenoxy) is 1. The number of carbonyl (C=O) groups is 1. The highest BCUT2D eigenvalue weighted by Gasteiger charge is 2.07. The van der Waals surface area contributed by atoms with Crippen LogP contribution in [0.2, 0.25) is 10.0 Å². The van der Waals surface area contributed by atoms with E-state index in [0.717, 1.165) is 22.3 Å². The van der Waals surface area contributed by atoms with Crippen molar-refractivity contribution >= 4 is 35.4 Å². The molecular weight excluding hydrogens is 413 g/mol. The molecule has 1 N–H and O–H groups in total. The third-order valence-corrected chi connectivity index (χ3v) is 4.67. The molecular formula is C22H17Cl2NO4. The molecule has 0 heterocycles. The molecule has 0 amide bonds. The van der Waals surface area contributed by atoms with E-state index < -0.39 is 12.6 Å². The number of oxime groups is 1. The molecule has 0 bridgehead atoms. The van der Waals surface area contributed by atoms with E-state index >= 15 is 0 Å². The molecule has 0 aliphatic carbocycles. The second-order valence-corrected chi connectivity index (χ2v) is 6.86. The molecule has 0 fully saturated rings. The zero-order valence-corrected chi connectivity index (χ0v) is 16.7. The topological polar surface area (TPSA) is 68.1 Å². The Morgan fingerprint density at radius 1 is 0.966 bits per heavy atom. The number of carboxylic acids is 1. The number of nitrogens with zero attached hydrogens (tertiary/aromatic N) is 1. The zero-order chi connectivity index (χ0) is 20.6. The first-order chi connectivity index (χ1) is 14.0. The minimum absolute atomic E-state index is 0.259. The number of benzene rings is 3. The van der Waals surface area contributed by atoms with Gasteiger partial charge in [0.25, 0.3) is 0 Å². The molecule has 0 aromatic heterocycles. The molecule has 0 saturated heterocycles. The average molecular weight is 430 g/mol. The van der Waals surface area contributed by atoms with Gasteiger partial charge in [0, 0.05) is 15.6 Å². The highest BCUT2D eigenvalue weighted by Crippen LogP contribution is 2.28. The summed E-state index contributed by atoms with van der Waals surface area (Å²) in [5.41, 5.74) is 3.42. The molecule has 148 valence electrons. The molecule has 0 radical (unpaired) electrons. The van der Waals surface area contributed by atoms with Crippen LogP contribution in [0.25, 0.3) is 11.1 Å². The second kappa shape index (κ2) is 9.96. The molecule has 7 heteroatoms. The fraction of sp³-hybridized carbons (Fsp3) is 0.0909. The van der Waals surface area contributed by atoms with Crippen molar-refractivity contribution in [3.05, 3.63) is 87.9 Å². The van der Waals surface area contributed by atoms with Crippen LogP contribution in [0.1, 0.15) is 11.1 Å². The quantitative estimate of drug-likeness (QED) is 0.369. The van der Waals surface area contributed by atoms with E-state index in [1.807, 2.05) is 48.5 Å². The molecule has 0 aliphatic rings. The lowest BCUT2D eigenvalue weighted by Gasteiger charge is -2.11. The van der Waals surface area contributed by atoms with Crippen LogP contribution in [0.5, 0.6) is 5.75 Å². The van der Waals surface area contributed by atoms with E-state index in [-0.39, 0.29) is 6.61 Å². The van der Waals surface area contributed by atoms with Crippen LogP contribution in [-0.4, -0.2) is 23.9 Å². The lowest BCUT2D eigenvalue weighted by molar-refractivity contribution is -0.142. The number of rotatable bonds is 8. The van der Waals surface area contributed by atoms with Gasteiger partial charge in [-0.15, -0.1) is 0 Å². The van der Waals surface area contributed by atoms with Gasteiger partial charge in [0.05, 0.1) is 6.21 Å². The Labute approximate surface area is 178 Å². The standard InChI is InChI=1S/C22H17Cl2NO4/c23-20-8-3-9-21(24)19(20)13-28-18-7-2-6-17(11-18)16-5-1-4-15(10-16)12-25-29-14-22(26)27/h1-12H,13-14H2,(H,26,27). The summed E-state index contributed by atoms with van der Waals surface area (Å²) < 4.78 is 5.88. The Bertz CT molecular complexity index is 1020. The van der Waals surface area contributed by atoms with Crippen LogP contribution in [0, 0.1) is 0 Å². The molecule has 29 heavy (non-hydrogen) atoms. The number of halogens is 2. The van der Waals surface area contributed by atoms with E-state index in [1.54, 1.807) is 18.2 Å². The third-order valence-electron chi connectivity index (χ3n) is 3.96. The predicted octanol–water partition coefficient (Wildman–Crippen LogP) is 5.67. The highest BCUT2D eigenvalue weighted by molar-refractivity contribution is 6.35. The van der Waals surface area contributed by atoms with Gasteiger partial charge >= 0.3 is 5.97 Å². The maximum atomic E-state index is 10.4. The average Bonchev–Trinajstić information content (AvgIpc) is 2.71. The first-order valence-corrected chi connectivity index (χ1v) is 9.42. The zero-order valence-electron chi connectivity index (χ0n) is 15.2. The van der Waals surface area contributed by atoms with Gasteiger partial charge in [0.15, 0.2) is 0 Å². The SMILES string of the molecule is O=C(O)CON=Cc1cccc(-c2cccc(OCc3c(Cl)cccc3Cl)c2)c1. The van der Waals surface area contributed by atoms with Crippen molar-refractivity contribution < 1.29 is 19.5 Å². The van der Waals surface area contributed by atoms with Crippen molar-refractivity contribution in [1.82, 2.24) is 0 Å². The van der Waals surface area contributed by atoms with E-state index in [1.165, 1.54) is 6.21 Å². The van der Waals surface area contributed by atoms with E-state index in [2.05, 4.69) is 9.99 Å². The molecule has 0 aliphatic heterocycles. The van der Waals surface area contributed by atoms with Gasteiger partial charge < -0.3 is 14.7 Å². The van der Waals surface area contributed by atoms with Crippen LogP contribution in [-0.2, 0) is 16.2 Å². The number of hydrogen-bond donors (Lipinski definition) is 1. The fourth-order valence-electron chi connectivity index (χ4n) is 2.58. The number of aliphatic carboxylic acids is 1. The van der Waals surface area contributed by atoms with E-state index in [0.29, 0.717) is 15.8 Å². The maximum Gasteiger partial charge on any atom is 0.344 e. The summed E-state index contributed by atoms with van der Waals surface area (Å²) in [4.78, 5) is 15.1. The van der Waals surface area contributed by atoms with Gasteiger partial charge in [-0.2, -0.15) is 0 Å². The van der Waals surface area contributed by atoms with Crippen LogP contribution in [0.4, 0.5) is 0 Å². The first kappa shape index (κ1) is 20.7. The molecule has 3 aromatic rings. The van der Waals surface area contributed by atoms with Crippen LogP contribution < -0.4 is 4.74 Å². The van der Waals surface area contributed by atoms with Crippen molar-refractivity contribution in [2.75, 3.05) is 6.61 Å². The normalized spacial score (nSPS) is 10.8. The number of carboxylic acid groups (broad SMARTS) is 1. The molecule has 3 rings (SSSR count). The maximum absolute atomic E-state index is 10.4. The van der Waals surface area contributed by atoms with Crippen molar-refractivity contribution in [3.63, 3.8) is 0 Å².